The molecule has 1 aromatic rings. The van der Waals surface area contributed by atoms with Crippen LogP contribution < -0.4 is 5.73 Å². The van der Waals surface area contributed by atoms with Crippen LogP contribution in [0.25, 0.3) is 0 Å². The van der Waals surface area contributed by atoms with Gasteiger partial charge in [-0.1, -0.05) is 34.1 Å². The van der Waals surface area contributed by atoms with Gasteiger partial charge in [0.05, 0.1) is 6.61 Å². The summed E-state index contributed by atoms with van der Waals surface area (Å²) in [6.45, 7) is 2.15. The zero-order valence-electron chi connectivity index (χ0n) is 9.28. The molecule has 3 nitrogen and oxygen atoms in total. The molecule has 0 aromatic heterocycles. The predicted molar refractivity (Wildman–Crippen MR) is 67.1 cm³/mol. The van der Waals surface area contributed by atoms with Crippen molar-refractivity contribution in [2.75, 3.05) is 6.61 Å². The molecule has 1 rings (SSSR count). The van der Waals surface area contributed by atoms with E-state index < -0.39 is 6.04 Å². The minimum absolute atomic E-state index is 0.324. The number of benzene rings is 1. The maximum absolute atomic E-state index is 11.3. The van der Waals surface area contributed by atoms with Crippen LogP contribution in [0.15, 0.2) is 28.7 Å². The Morgan fingerprint density at radius 3 is 2.81 bits per heavy atom. The molecule has 0 aliphatic carbocycles. The van der Waals surface area contributed by atoms with Crippen molar-refractivity contribution in [3.8, 4) is 0 Å². The molecule has 0 bridgehead atoms. The number of aryl methyl sites for hydroxylation is 1. The minimum Gasteiger partial charge on any atom is -0.465 e. The fourth-order valence-corrected chi connectivity index (χ4v) is 1.86. The maximum Gasteiger partial charge on any atom is 0.322 e. The number of hydrogen-bond donors (Lipinski definition) is 1. The van der Waals surface area contributed by atoms with Crippen molar-refractivity contribution in [3.05, 3.63) is 34.3 Å². The van der Waals surface area contributed by atoms with E-state index >= 15 is 0 Å². The van der Waals surface area contributed by atoms with Gasteiger partial charge in [0.1, 0.15) is 6.04 Å². The molecular formula is C12H16BrNO2. The molecule has 0 amide bonds. The number of esters is 1. The highest BCUT2D eigenvalue weighted by atomic mass is 79.9. The summed E-state index contributed by atoms with van der Waals surface area (Å²) in [5.74, 6) is -0.324. The van der Waals surface area contributed by atoms with Crippen LogP contribution in [0.2, 0.25) is 0 Å². The van der Waals surface area contributed by atoms with Gasteiger partial charge in [-0.25, -0.2) is 0 Å². The highest BCUT2D eigenvalue weighted by molar-refractivity contribution is 9.10. The van der Waals surface area contributed by atoms with Crippen molar-refractivity contribution in [2.45, 2.75) is 25.8 Å². The standard InChI is InChI=1S/C12H16BrNO2/c1-2-16-12(15)11(14)8-7-9-5-3-4-6-10(9)13/h3-6,11H,2,7-8,14H2,1H3. The summed E-state index contributed by atoms with van der Waals surface area (Å²) in [7, 11) is 0. The summed E-state index contributed by atoms with van der Waals surface area (Å²) < 4.78 is 5.89. The molecule has 1 aromatic carbocycles. The van der Waals surface area contributed by atoms with Crippen molar-refractivity contribution in [2.24, 2.45) is 5.73 Å². The molecule has 16 heavy (non-hydrogen) atoms. The molecular weight excluding hydrogens is 270 g/mol. The maximum atomic E-state index is 11.3. The quantitative estimate of drug-likeness (QED) is 0.845. The Balaban J connectivity index is 2.46. The highest BCUT2D eigenvalue weighted by Gasteiger charge is 2.14. The van der Waals surface area contributed by atoms with Crippen LogP contribution in [0, 0.1) is 0 Å². The molecule has 0 aliphatic heterocycles. The fraction of sp³-hybridized carbons (Fsp3) is 0.417. The zero-order valence-corrected chi connectivity index (χ0v) is 10.9. The van der Waals surface area contributed by atoms with E-state index in [1.807, 2.05) is 24.3 Å². The summed E-state index contributed by atoms with van der Waals surface area (Å²) in [6, 6.07) is 7.38. The molecule has 4 heteroatoms. The smallest absolute Gasteiger partial charge is 0.322 e. The van der Waals surface area contributed by atoms with Gasteiger partial charge in [-0.2, -0.15) is 0 Å². The monoisotopic (exact) mass is 285 g/mol. The number of carbonyl (C=O) groups excluding carboxylic acids is 1. The third-order valence-electron chi connectivity index (χ3n) is 2.27. The third-order valence-corrected chi connectivity index (χ3v) is 3.05. The van der Waals surface area contributed by atoms with Gasteiger partial charge in [-0.05, 0) is 31.4 Å². The molecule has 0 aliphatic rings. The average molecular weight is 286 g/mol. The molecule has 2 N–H and O–H groups in total. The van der Waals surface area contributed by atoms with Gasteiger partial charge < -0.3 is 10.5 Å². The summed E-state index contributed by atoms with van der Waals surface area (Å²) in [6.07, 6.45) is 1.36. The van der Waals surface area contributed by atoms with E-state index in [1.165, 1.54) is 0 Å². The zero-order chi connectivity index (χ0) is 12.0. The first kappa shape index (κ1) is 13.2. The number of hydrogen-bond acceptors (Lipinski definition) is 3. The van der Waals surface area contributed by atoms with Crippen molar-refractivity contribution < 1.29 is 9.53 Å². The van der Waals surface area contributed by atoms with Gasteiger partial charge in [0.25, 0.3) is 0 Å². The number of nitrogens with two attached hydrogens (primary N) is 1. The predicted octanol–water partition coefficient (Wildman–Crippen LogP) is 2.27. The van der Waals surface area contributed by atoms with E-state index in [4.69, 9.17) is 10.5 Å². The number of carbonyl (C=O) groups is 1. The normalized spacial score (nSPS) is 12.2. The Hall–Kier alpha value is -0.870. The molecule has 0 fully saturated rings. The lowest BCUT2D eigenvalue weighted by atomic mass is 10.1. The van der Waals surface area contributed by atoms with Crippen LogP contribution in [0.4, 0.5) is 0 Å². The van der Waals surface area contributed by atoms with Crippen LogP contribution in [-0.4, -0.2) is 18.6 Å². The van der Waals surface area contributed by atoms with E-state index in [9.17, 15) is 4.79 Å². The van der Waals surface area contributed by atoms with E-state index in [1.54, 1.807) is 6.92 Å². The van der Waals surface area contributed by atoms with Gasteiger partial charge in [0.2, 0.25) is 0 Å². The molecule has 0 saturated carbocycles. The summed E-state index contributed by atoms with van der Waals surface area (Å²) >= 11 is 3.46. The van der Waals surface area contributed by atoms with Crippen molar-refractivity contribution in [3.63, 3.8) is 0 Å². The van der Waals surface area contributed by atoms with Crippen LogP contribution in [0.5, 0.6) is 0 Å². The average Bonchev–Trinajstić information content (AvgIpc) is 2.28. The second-order valence-corrected chi connectivity index (χ2v) is 4.34. The van der Waals surface area contributed by atoms with Crippen LogP contribution >= 0.6 is 15.9 Å². The molecule has 1 atom stereocenters. The topological polar surface area (TPSA) is 52.3 Å². The molecule has 1 unspecified atom stereocenters. The SMILES string of the molecule is CCOC(=O)C(N)CCc1ccccc1Br. The first-order valence-electron chi connectivity index (χ1n) is 5.30. The Morgan fingerprint density at radius 1 is 1.50 bits per heavy atom. The van der Waals surface area contributed by atoms with Crippen molar-refractivity contribution >= 4 is 21.9 Å². The Kier molecular flexibility index (Phi) is 5.49. The molecule has 0 heterocycles. The number of ether oxygens (including phenoxy) is 1. The van der Waals surface area contributed by atoms with Gasteiger partial charge in [-0.15, -0.1) is 0 Å². The van der Waals surface area contributed by atoms with Gasteiger partial charge in [-0.3, -0.25) is 4.79 Å². The van der Waals surface area contributed by atoms with E-state index in [0.29, 0.717) is 13.0 Å². The van der Waals surface area contributed by atoms with Gasteiger partial charge in [0.15, 0.2) is 0 Å². The first-order valence-corrected chi connectivity index (χ1v) is 6.10. The lowest BCUT2D eigenvalue weighted by Gasteiger charge is -2.10. The number of halogens is 1. The van der Waals surface area contributed by atoms with Crippen LogP contribution in [0.1, 0.15) is 18.9 Å². The van der Waals surface area contributed by atoms with E-state index in [-0.39, 0.29) is 5.97 Å². The molecule has 0 spiro atoms. The molecule has 0 saturated heterocycles. The lowest BCUT2D eigenvalue weighted by Crippen LogP contribution is -2.32. The Labute approximate surface area is 104 Å². The van der Waals surface area contributed by atoms with E-state index in [0.717, 1.165) is 16.5 Å². The van der Waals surface area contributed by atoms with Crippen molar-refractivity contribution in [1.82, 2.24) is 0 Å². The van der Waals surface area contributed by atoms with Gasteiger partial charge >= 0.3 is 5.97 Å². The third kappa shape index (κ3) is 3.94. The largest absolute Gasteiger partial charge is 0.465 e. The van der Waals surface area contributed by atoms with Gasteiger partial charge in [0, 0.05) is 4.47 Å². The number of rotatable bonds is 5. The Bertz CT molecular complexity index is 355. The lowest BCUT2D eigenvalue weighted by molar-refractivity contribution is -0.144. The Morgan fingerprint density at radius 2 is 2.19 bits per heavy atom. The summed E-state index contributed by atoms with van der Waals surface area (Å²) in [4.78, 5) is 11.3. The highest BCUT2D eigenvalue weighted by Crippen LogP contribution is 2.17. The van der Waals surface area contributed by atoms with Crippen LogP contribution in [-0.2, 0) is 16.0 Å². The summed E-state index contributed by atoms with van der Waals surface area (Å²) in [5, 5.41) is 0. The molecule has 88 valence electrons. The van der Waals surface area contributed by atoms with Crippen LogP contribution in [0.3, 0.4) is 0 Å². The molecule has 0 radical (unpaired) electrons. The first-order chi connectivity index (χ1) is 7.65. The van der Waals surface area contributed by atoms with Crippen molar-refractivity contribution in [1.29, 1.82) is 0 Å². The minimum atomic E-state index is -0.535. The summed E-state index contributed by atoms with van der Waals surface area (Å²) in [5.41, 5.74) is 6.87. The second kappa shape index (κ2) is 6.66. The second-order valence-electron chi connectivity index (χ2n) is 3.49. The van der Waals surface area contributed by atoms with E-state index in [2.05, 4.69) is 15.9 Å². The fourth-order valence-electron chi connectivity index (χ4n) is 1.38.